The minimum atomic E-state index is -0.895. The topological polar surface area (TPSA) is 46.6 Å². The van der Waals surface area contributed by atoms with Crippen molar-refractivity contribution in [2.24, 2.45) is 0 Å². The van der Waals surface area contributed by atoms with Gasteiger partial charge in [-0.15, -0.1) is 0 Å². The number of para-hydroxylation sites is 1. The lowest BCUT2D eigenvalue weighted by atomic mass is 9.74. The number of carbonyl (C=O) groups is 2. The molecule has 1 aliphatic rings. The summed E-state index contributed by atoms with van der Waals surface area (Å²) in [6.07, 6.45) is 3.93. The Labute approximate surface area is 176 Å². The molecule has 4 rings (SSSR count). The molecule has 0 fully saturated rings. The van der Waals surface area contributed by atoms with Gasteiger partial charge in [-0.25, -0.2) is 0 Å². The average Bonchev–Trinajstić information content (AvgIpc) is 2.96. The van der Waals surface area contributed by atoms with Gasteiger partial charge in [-0.1, -0.05) is 72.3 Å². The first-order valence-electron chi connectivity index (χ1n) is 9.84. The monoisotopic (exact) mass is 397 g/mol. The zero-order valence-electron chi connectivity index (χ0n) is 17.3. The highest BCUT2D eigenvalue weighted by molar-refractivity contribution is 6.12. The summed E-state index contributed by atoms with van der Waals surface area (Å²) in [5.41, 5.74) is 3.98. The molecule has 150 valence electrons. The van der Waals surface area contributed by atoms with Crippen LogP contribution in [-0.4, -0.2) is 18.9 Å². The Balaban J connectivity index is 1.82. The van der Waals surface area contributed by atoms with Gasteiger partial charge in [0.1, 0.15) is 11.2 Å². The maximum absolute atomic E-state index is 13.6. The molecule has 30 heavy (non-hydrogen) atoms. The van der Waals surface area contributed by atoms with Gasteiger partial charge in [0.15, 0.2) is 0 Å². The lowest BCUT2D eigenvalue weighted by molar-refractivity contribution is -0.131. The SMILES string of the molecule is CC(=O)Oc1ccc(/C=C/C2(c3ccc(C)cc3)C(=O)N(C)c3ccccc32)cc1. The summed E-state index contributed by atoms with van der Waals surface area (Å²) in [6, 6.07) is 23.3. The molecule has 0 saturated heterocycles. The maximum atomic E-state index is 13.6. The van der Waals surface area contributed by atoms with Crippen molar-refractivity contribution in [1.29, 1.82) is 0 Å². The molecule has 4 nitrogen and oxygen atoms in total. The van der Waals surface area contributed by atoms with Crippen molar-refractivity contribution < 1.29 is 14.3 Å². The predicted octanol–water partition coefficient (Wildman–Crippen LogP) is 4.90. The van der Waals surface area contributed by atoms with Gasteiger partial charge in [-0.05, 0) is 41.8 Å². The molecule has 0 N–H and O–H groups in total. The van der Waals surface area contributed by atoms with Gasteiger partial charge in [0.2, 0.25) is 5.91 Å². The van der Waals surface area contributed by atoms with E-state index >= 15 is 0 Å². The third-order valence-electron chi connectivity index (χ3n) is 5.51. The van der Waals surface area contributed by atoms with E-state index in [1.54, 1.807) is 17.0 Å². The molecular formula is C26H23NO3. The van der Waals surface area contributed by atoms with Gasteiger partial charge in [0.05, 0.1) is 0 Å². The zero-order chi connectivity index (χ0) is 21.3. The van der Waals surface area contributed by atoms with E-state index in [1.165, 1.54) is 6.92 Å². The number of likely N-dealkylation sites (N-methyl/N-ethyl adjacent to an activating group) is 1. The van der Waals surface area contributed by atoms with Gasteiger partial charge in [-0.3, -0.25) is 9.59 Å². The van der Waals surface area contributed by atoms with Crippen LogP contribution in [0.2, 0.25) is 0 Å². The quantitative estimate of drug-likeness (QED) is 0.465. The number of aryl methyl sites for hydroxylation is 1. The van der Waals surface area contributed by atoms with E-state index in [4.69, 9.17) is 4.74 Å². The lowest BCUT2D eigenvalue weighted by Crippen LogP contribution is -2.38. The van der Waals surface area contributed by atoms with E-state index in [2.05, 4.69) is 0 Å². The number of amides is 1. The van der Waals surface area contributed by atoms with Crippen LogP contribution in [0.5, 0.6) is 5.75 Å². The molecule has 1 unspecified atom stereocenters. The molecule has 1 amide bonds. The number of hydrogen-bond donors (Lipinski definition) is 0. The Morgan fingerprint density at radius 2 is 1.63 bits per heavy atom. The van der Waals surface area contributed by atoms with Crippen LogP contribution in [-0.2, 0) is 15.0 Å². The number of carbonyl (C=O) groups excluding carboxylic acids is 2. The molecule has 1 aliphatic heterocycles. The predicted molar refractivity (Wildman–Crippen MR) is 119 cm³/mol. The Morgan fingerprint density at radius 3 is 2.30 bits per heavy atom. The highest BCUT2D eigenvalue weighted by atomic mass is 16.5. The molecule has 3 aromatic rings. The standard InChI is InChI=1S/C26H23NO3/c1-18-8-12-21(13-9-18)26(23-6-4-5-7-24(23)27(3)25(26)29)17-16-20-10-14-22(15-11-20)30-19(2)28/h4-17H,1-3H3/b17-16+. The zero-order valence-corrected chi connectivity index (χ0v) is 17.3. The number of hydrogen-bond acceptors (Lipinski definition) is 3. The van der Waals surface area contributed by atoms with Crippen molar-refractivity contribution >= 4 is 23.6 Å². The van der Waals surface area contributed by atoms with E-state index < -0.39 is 5.41 Å². The summed E-state index contributed by atoms with van der Waals surface area (Å²) in [6.45, 7) is 3.41. The van der Waals surface area contributed by atoms with Crippen molar-refractivity contribution in [3.63, 3.8) is 0 Å². The van der Waals surface area contributed by atoms with Crippen LogP contribution in [0.1, 0.15) is 29.2 Å². The van der Waals surface area contributed by atoms with Crippen molar-refractivity contribution in [2.75, 3.05) is 11.9 Å². The highest BCUT2D eigenvalue weighted by Gasteiger charge is 2.49. The first kappa shape index (κ1) is 19.6. The Kier molecular flexibility index (Phi) is 5.00. The van der Waals surface area contributed by atoms with E-state index in [-0.39, 0.29) is 11.9 Å². The number of benzene rings is 3. The molecule has 1 atom stereocenters. The second-order valence-corrected chi connectivity index (χ2v) is 7.55. The summed E-state index contributed by atoms with van der Waals surface area (Å²) < 4.78 is 5.10. The van der Waals surface area contributed by atoms with Crippen molar-refractivity contribution in [3.8, 4) is 5.75 Å². The number of nitrogens with zero attached hydrogens (tertiary/aromatic N) is 1. The smallest absolute Gasteiger partial charge is 0.308 e. The minimum Gasteiger partial charge on any atom is -0.427 e. The first-order chi connectivity index (χ1) is 14.4. The van der Waals surface area contributed by atoms with Crippen LogP contribution < -0.4 is 9.64 Å². The maximum Gasteiger partial charge on any atom is 0.308 e. The van der Waals surface area contributed by atoms with Gasteiger partial charge >= 0.3 is 5.97 Å². The molecule has 0 saturated carbocycles. The third-order valence-corrected chi connectivity index (χ3v) is 5.51. The fraction of sp³-hybridized carbons (Fsp3) is 0.154. The lowest BCUT2D eigenvalue weighted by Gasteiger charge is -2.26. The number of rotatable bonds is 4. The summed E-state index contributed by atoms with van der Waals surface area (Å²) in [7, 11) is 1.82. The molecule has 0 spiro atoms. The van der Waals surface area contributed by atoms with Gasteiger partial charge in [-0.2, -0.15) is 0 Å². The normalized spacial score (nSPS) is 18.0. The molecule has 3 aromatic carbocycles. The minimum absolute atomic E-state index is 0.0142. The number of esters is 1. The van der Waals surface area contributed by atoms with Crippen LogP contribution in [0.25, 0.3) is 6.08 Å². The van der Waals surface area contributed by atoms with E-state index in [0.717, 1.165) is 27.9 Å². The van der Waals surface area contributed by atoms with Gasteiger partial charge in [0.25, 0.3) is 0 Å². The Morgan fingerprint density at radius 1 is 0.967 bits per heavy atom. The van der Waals surface area contributed by atoms with Crippen LogP contribution in [0.3, 0.4) is 0 Å². The van der Waals surface area contributed by atoms with Crippen LogP contribution in [0, 0.1) is 6.92 Å². The largest absolute Gasteiger partial charge is 0.427 e. The van der Waals surface area contributed by atoms with E-state index in [9.17, 15) is 9.59 Å². The average molecular weight is 397 g/mol. The van der Waals surface area contributed by atoms with Crippen LogP contribution in [0.15, 0.2) is 78.9 Å². The Hall–Kier alpha value is -3.66. The van der Waals surface area contributed by atoms with Crippen LogP contribution in [0.4, 0.5) is 5.69 Å². The molecular weight excluding hydrogens is 374 g/mol. The molecule has 0 bridgehead atoms. The summed E-state index contributed by atoms with van der Waals surface area (Å²) in [5.74, 6) is 0.156. The molecule has 0 aromatic heterocycles. The summed E-state index contributed by atoms with van der Waals surface area (Å²) in [5, 5.41) is 0. The van der Waals surface area contributed by atoms with Crippen molar-refractivity contribution in [2.45, 2.75) is 19.3 Å². The molecule has 1 heterocycles. The number of ether oxygens (including phenoxy) is 1. The fourth-order valence-corrected chi connectivity index (χ4v) is 3.98. The van der Waals surface area contributed by atoms with E-state index in [1.807, 2.05) is 86.8 Å². The summed E-state index contributed by atoms with van der Waals surface area (Å²) in [4.78, 5) is 26.4. The molecule has 0 aliphatic carbocycles. The van der Waals surface area contributed by atoms with Crippen molar-refractivity contribution in [1.82, 2.24) is 0 Å². The second kappa shape index (κ2) is 7.64. The fourth-order valence-electron chi connectivity index (χ4n) is 3.98. The Bertz CT molecular complexity index is 1130. The highest BCUT2D eigenvalue weighted by Crippen LogP contribution is 2.46. The number of anilines is 1. The van der Waals surface area contributed by atoms with Gasteiger partial charge < -0.3 is 9.64 Å². The number of fused-ring (bicyclic) bond motifs is 1. The second-order valence-electron chi connectivity index (χ2n) is 7.55. The molecule has 0 radical (unpaired) electrons. The van der Waals surface area contributed by atoms with Crippen molar-refractivity contribution in [3.05, 3.63) is 101 Å². The summed E-state index contributed by atoms with van der Waals surface area (Å²) >= 11 is 0. The van der Waals surface area contributed by atoms with E-state index in [0.29, 0.717) is 5.75 Å². The third kappa shape index (κ3) is 3.30. The first-order valence-corrected chi connectivity index (χ1v) is 9.84. The van der Waals surface area contributed by atoms with Gasteiger partial charge in [0, 0.05) is 19.7 Å². The molecule has 4 heteroatoms. The van der Waals surface area contributed by atoms with Crippen LogP contribution >= 0.6 is 0 Å².